The Morgan fingerprint density at radius 3 is 2.54 bits per heavy atom. The SMILES string of the molecule is CC1(CN2CCC3(CCOC3)CC2)CCC(Nc2ccc(Cl)nn2)CC1. The van der Waals surface area contributed by atoms with Crippen molar-refractivity contribution in [1.82, 2.24) is 15.1 Å². The maximum absolute atomic E-state index is 5.81. The minimum Gasteiger partial charge on any atom is -0.381 e. The summed E-state index contributed by atoms with van der Waals surface area (Å²) in [7, 11) is 0. The Balaban J connectivity index is 1.23. The zero-order valence-electron chi connectivity index (χ0n) is 15.8. The molecule has 2 aliphatic heterocycles. The van der Waals surface area contributed by atoms with Crippen LogP contribution in [-0.4, -0.2) is 54.0 Å². The van der Waals surface area contributed by atoms with Gasteiger partial charge in [-0.05, 0) is 81.0 Å². The number of nitrogens with zero attached hydrogens (tertiary/aromatic N) is 3. The van der Waals surface area contributed by atoms with E-state index in [0.717, 1.165) is 19.0 Å². The van der Waals surface area contributed by atoms with Gasteiger partial charge in [0, 0.05) is 19.2 Å². The highest BCUT2D eigenvalue weighted by molar-refractivity contribution is 6.29. The van der Waals surface area contributed by atoms with Gasteiger partial charge in [-0.25, -0.2) is 0 Å². The molecular formula is C20H31ClN4O. The molecule has 1 spiro atoms. The molecule has 5 nitrogen and oxygen atoms in total. The van der Waals surface area contributed by atoms with Gasteiger partial charge in [-0.2, -0.15) is 0 Å². The molecule has 6 heteroatoms. The average molecular weight is 379 g/mol. The van der Waals surface area contributed by atoms with Crippen molar-refractivity contribution >= 4 is 17.4 Å². The van der Waals surface area contributed by atoms with Crippen molar-refractivity contribution in [3.8, 4) is 0 Å². The van der Waals surface area contributed by atoms with Crippen LogP contribution in [-0.2, 0) is 4.74 Å². The Kier molecular flexibility index (Phi) is 5.40. The van der Waals surface area contributed by atoms with Crippen molar-refractivity contribution in [3.05, 3.63) is 17.3 Å². The van der Waals surface area contributed by atoms with Gasteiger partial charge in [0.2, 0.25) is 0 Å². The molecule has 1 aromatic rings. The number of nitrogens with one attached hydrogen (secondary N) is 1. The number of hydrogen-bond donors (Lipinski definition) is 1. The quantitative estimate of drug-likeness (QED) is 0.858. The Hall–Kier alpha value is -0.910. The minimum atomic E-state index is 0.444. The molecule has 1 N–H and O–H groups in total. The molecule has 3 heterocycles. The number of hydrogen-bond acceptors (Lipinski definition) is 5. The maximum atomic E-state index is 5.81. The van der Waals surface area contributed by atoms with Crippen LogP contribution in [0.3, 0.4) is 0 Å². The summed E-state index contributed by atoms with van der Waals surface area (Å²) < 4.78 is 5.67. The second-order valence-electron chi connectivity index (χ2n) is 9.05. The Morgan fingerprint density at radius 2 is 1.92 bits per heavy atom. The molecule has 144 valence electrons. The smallest absolute Gasteiger partial charge is 0.151 e. The Morgan fingerprint density at radius 1 is 1.15 bits per heavy atom. The molecule has 26 heavy (non-hydrogen) atoms. The van der Waals surface area contributed by atoms with Gasteiger partial charge in [-0.1, -0.05) is 18.5 Å². The number of rotatable bonds is 4. The molecule has 0 atom stereocenters. The lowest BCUT2D eigenvalue weighted by atomic mass is 9.72. The fourth-order valence-corrected chi connectivity index (χ4v) is 5.09. The van der Waals surface area contributed by atoms with E-state index in [-0.39, 0.29) is 0 Å². The summed E-state index contributed by atoms with van der Waals surface area (Å²) in [5.74, 6) is 0.836. The monoisotopic (exact) mass is 378 g/mol. The fourth-order valence-electron chi connectivity index (χ4n) is 4.99. The van der Waals surface area contributed by atoms with Crippen molar-refractivity contribution in [2.24, 2.45) is 10.8 Å². The molecular weight excluding hydrogens is 348 g/mol. The van der Waals surface area contributed by atoms with Crippen LogP contribution in [0.25, 0.3) is 0 Å². The van der Waals surface area contributed by atoms with Gasteiger partial charge in [-0.3, -0.25) is 0 Å². The molecule has 0 bridgehead atoms. The Bertz CT molecular complexity index is 584. The summed E-state index contributed by atoms with van der Waals surface area (Å²) in [6.45, 7) is 8.21. The van der Waals surface area contributed by atoms with Gasteiger partial charge in [0.1, 0.15) is 5.82 Å². The molecule has 1 aliphatic carbocycles. The number of aromatic nitrogens is 2. The maximum Gasteiger partial charge on any atom is 0.151 e. The summed E-state index contributed by atoms with van der Waals surface area (Å²) in [6, 6.07) is 4.21. The molecule has 0 unspecified atom stereocenters. The first-order chi connectivity index (χ1) is 12.5. The van der Waals surface area contributed by atoms with E-state index in [1.165, 1.54) is 64.6 Å². The number of halogens is 1. The Labute approximate surface area is 161 Å². The van der Waals surface area contributed by atoms with Crippen molar-refractivity contribution in [2.45, 2.75) is 57.9 Å². The predicted octanol–water partition coefficient (Wildman–Crippen LogP) is 3.99. The fraction of sp³-hybridized carbons (Fsp3) is 0.800. The van der Waals surface area contributed by atoms with Crippen molar-refractivity contribution in [2.75, 3.05) is 38.2 Å². The van der Waals surface area contributed by atoms with Crippen LogP contribution in [0.2, 0.25) is 5.15 Å². The molecule has 0 aromatic carbocycles. The standard InChI is InChI=1S/C20H31ClN4O/c1-19(14-25-11-8-20(9-12-25)10-13-26-15-20)6-4-16(5-7-19)22-18-3-2-17(21)23-24-18/h2-3,16H,4-15H2,1H3,(H,22,24). The lowest BCUT2D eigenvalue weighted by molar-refractivity contribution is 0.0461. The highest BCUT2D eigenvalue weighted by atomic mass is 35.5. The second kappa shape index (κ2) is 7.61. The van der Waals surface area contributed by atoms with Gasteiger partial charge in [-0.15, -0.1) is 10.2 Å². The minimum absolute atomic E-state index is 0.444. The predicted molar refractivity (Wildman–Crippen MR) is 105 cm³/mol. The third kappa shape index (κ3) is 4.32. The third-order valence-corrected chi connectivity index (χ3v) is 7.09. The van der Waals surface area contributed by atoms with E-state index in [2.05, 4.69) is 27.3 Å². The van der Waals surface area contributed by atoms with Crippen LogP contribution in [0, 0.1) is 10.8 Å². The summed E-state index contributed by atoms with van der Waals surface area (Å²) in [6.07, 6.45) is 8.87. The third-order valence-electron chi connectivity index (χ3n) is 6.88. The van der Waals surface area contributed by atoms with Crippen molar-refractivity contribution in [1.29, 1.82) is 0 Å². The second-order valence-corrected chi connectivity index (χ2v) is 9.44. The van der Waals surface area contributed by atoms with E-state index in [1.807, 2.05) is 6.07 Å². The van der Waals surface area contributed by atoms with Gasteiger partial charge in [0.25, 0.3) is 0 Å². The highest BCUT2D eigenvalue weighted by Gasteiger charge is 2.40. The normalized spacial score (nSPS) is 32.0. The van der Waals surface area contributed by atoms with E-state index in [0.29, 0.717) is 22.0 Å². The van der Waals surface area contributed by atoms with E-state index in [1.54, 1.807) is 6.07 Å². The molecule has 3 fully saturated rings. The van der Waals surface area contributed by atoms with Crippen LogP contribution >= 0.6 is 11.6 Å². The molecule has 4 rings (SSSR count). The van der Waals surface area contributed by atoms with Crippen LogP contribution in [0.15, 0.2) is 12.1 Å². The van der Waals surface area contributed by atoms with Crippen molar-refractivity contribution in [3.63, 3.8) is 0 Å². The zero-order chi connectivity index (χ0) is 18.0. The molecule has 1 saturated carbocycles. The van der Waals surface area contributed by atoms with E-state index in [9.17, 15) is 0 Å². The summed E-state index contributed by atoms with van der Waals surface area (Å²) in [5, 5.41) is 12.0. The highest BCUT2D eigenvalue weighted by Crippen LogP contribution is 2.42. The average Bonchev–Trinajstić information content (AvgIpc) is 3.10. The number of likely N-dealkylation sites (tertiary alicyclic amines) is 1. The van der Waals surface area contributed by atoms with E-state index >= 15 is 0 Å². The lowest BCUT2D eigenvalue weighted by Crippen LogP contribution is -2.46. The molecule has 1 aromatic heterocycles. The largest absolute Gasteiger partial charge is 0.381 e. The van der Waals surface area contributed by atoms with Crippen molar-refractivity contribution < 1.29 is 4.74 Å². The lowest BCUT2D eigenvalue weighted by Gasteiger charge is -2.45. The summed E-state index contributed by atoms with van der Waals surface area (Å²) in [5.41, 5.74) is 0.957. The first-order valence-corrected chi connectivity index (χ1v) is 10.5. The first-order valence-electron chi connectivity index (χ1n) is 10.1. The zero-order valence-corrected chi connectivity index (χ0v) is 16.6. The van der Waals surface area contributed by atoms with Gasteiger partial charge in [0.15, 0.2) is 5.15 Å². The first kappa shape index (κ1) is 18.5. The molecule has 2 saturated heterocycles. The topological polar surface area (TPSA) is 50.3 Å². The number of ether oxygens (including phenoxy) is 1. The number of piperidine rings is 1. The molecule has 0 amide bonds. The van der Waals surface area contributed by atoms with Gasteiger partial charge < -0.3 is 15.0 Å². The van der Waals surface area contributed by atoms with E-state index < -0.39 is 0 Å². The summed E-state index contributed by atoms with van der Waals surface area (Å²) >= 11 is 5.81. The van der Waals surface area contributed by atoms with Gasteiger partial charge >= 0.3 is 0 Å². The van der Waals surface area contributed by atoms with Crippen LogP contribution in [0.1, 0.15) is 51.9 Å². The van der Waals surface area contributed by atoms with Crippen LogP contribution in [0.4, 0.5) is 5.82 Å². The van der Waals surface area contributed by atoms with Crippen LogP contribution < -0.4 is 5.32 Å². The number of anilines is 1. The van der Waals surface area contributed by atoms with E-state index in [4.69, 9.17) is 16.3 Å². The molecule has 3 aliphatic rings. The summed E-state index contributed by atoms with van der Waals surface area (Å²) in [4.78, 5) is 2.71. The molecule has 0 radical (unpaired) electrons. The van der Waals surface area contributed by atoms with Gasteiger partial charge in [0.05, 0.1) is 6.61 Å². The van der Waals surface area contributed by atoms with Crippen LogP contribution in [0.5, 0.6) is 0 Å².